The van der Waals surface area contributed by atoms with Crippen molar-refractivity contribution in [3.63, 3.8) is 0 Å². The molecule has 2 atom stereocenters. The van der Waals surface area contributed by atoms with Gasteiger partial charge in [-0.1, -0.05) is 0 Å². The van der Waals surface area contributed by atoms with Crippen molar-refractivity contribution in [2.24, 2.45) is 0 Å². The van der Waals surface area contributed by atoms with Gasteiger partial charge in [-0.15, -0.1) is 0 Å². The zero-order valence-corrected chi connectivity index (χ0v) is 9.74. The Bertz CT molecular complexity index is 432. The van der Waals surface area contributed by atoms with Crippen LogP contribution in [0.4, 0.5) is 5.69 Å². The molecule has 1 aromatic carbocycles. The fourth-order valence-electron chi connectivity index (χ4n) is 1.51. The van der Waals surface area contributed by atoms with Crippen molar-refractivity contribution in [2.45, 2.75) is 19.1 Å². The number of carbonyl (C=O) groups is 1. The molecule has 0 aliphatic rings. The van der Waals surface area contributed by atoms with Crippen LogP contribution in [-0.2, 0) is 4.79 Å². The lowest BCUT2D eigenvalue weighted by atomic mass is 10.0. The van der Waals surface area contributed by atoms with Crippen LogP contribution in [0, 0.1) is 10.1 Å². The molecule has 0 bridgehead atoms. The van der Waals surface area contributed by atoms with Crippen molar-refractivity contribution < 1.29 is 19.9 Å². The van der Waals surface area contributed by atoms with Crippen LogP contribution in [0.15, 0.2) is 24.3 Å². The molecule has 1 aromatic rings. The fourth-order valence-corrected chi connectivity index (χ4v) is 1.51. The van der Waals surface area contributed by atoms with Gasteiger partial charge in [-0.05, 0) is 17.7 Å². The number of carbonyl (C=O) groups excluding carboxylic acids is 1. The maximum absolute atomic E-state index is 10.9. The van der Waals surface area contributed by atoms with Crippen molar-refractivity contribution in [1.82, 2.24) is 5.32 Å². The third-order valence-electron chi connectivity index (χ3n) is 2.41. The first kappa shape index (κ1) is 14.1. The first-order chi connectivity index (χ1) is 8.45. The number of nitrogens with zero attached hydrogens (tertiary/aromatic N) is 1. The summed E-state index contributed by atoms with van der Waals surface area (Å²) >= 11 is 0. The van der Waals surface area contributed by atoms with E-state index in [0.717, 1.165) is 0 Å². The number of nitro benzene ring substituents is 1. The van der Waals surface area contributed by atoms with E-state index in [-0.39, 0.29) is 11.6 Å². The Balaban J connectivity index is 2.84. The molecule has 0 spiro atoms. The van der Waals surface area contributed by atoms with Crippen LogP contribution in [0.1, 0.15) is 18.6 Å². The van der Waals surface area contributed by atoms with Crippen LogP contribution in [0.25, 0.3) is 0 Å². The maximum atomic E-state index is 10.9. The van der Waals surface area contributed by atoms with Gasteiger partial charge in [-0.3, -0.25) is 14.9 Å². The van der Waals surface area contributed by atoms with Gasteiger partial charge in [0.05, 0.1) is 17.6 Å². The van der Waals surface area contributed by atoms with Gasteiger partial charge in [0.1, 0.15) is 6.10 Å². The van der Waals surface area contributed by atoms with E-state index in [2.05, 4.69) is 5.32 Å². The summed E-state index contributed by atoms with van der Waals surface area (Å²) < 4.78 is 0. The Labute approximate surface area is 103 Å². The van der Waals surface area contributed by atoms with E-state index in [1.807, 2.05) is 0 Å². The lowest BCUT2D eigenvalue weighted by molar-refractivity contribution is -0.384. The predicted octanol–water partition coefficient (Wildman–Crippen LogP) is 0.125. The van der Waals surface area contributed by atoms with Crippen LogP contribution in [0.5, 0.6) is 0 Å². The van der Waals surface area contributed by atoms with Crippen molar-refractivity contribution in [1.29, 1.82) is 0 Å². The second-order valence-corrected chi connectivity index (χ2v) is 3.78. The Morgan fingerprint density at radius 3 is 2.39 bits per heavy atom. The van der Waals surface area contributed by atoms with Crippen LogP contribution < -0.4 is 5.32 Å². The lowest BCUT2D eigenvalue weighted by Gasteiger charge is -2.21. The molecule has 0 aromatic heterocycles. The maximum Gasteiger partial charge on any atom is 0.269 e. The third-order valence-corrected chi connectivity index (χ3v) is 2.41. The second kappa shape index (κ2) is 6.08. The van der Waals surface area contributed by atoms with Crippen molar-refractivity contribution in [3.8, 4) is 0 Å². The molecule has 1 rings (SSSR count). The first-order valence-electron chi connectivity index (χ1n) is 5.26. The molecular formula is C11H14N2O5. The minimum Gasteiger partial charge on any atom is -0.394 e. The molecule has 3 N–H and O–H groups in total. The smallest absolute Gasteiger partial charge is 0.269 e. The van der Waals surface area contributed by atoms with E-state index in [4.69, 9.17) is 5.11 Å². The minimum absolute atomic E-state index is 0.0916. The normalized spacial score (nSPS) is 13.7. The Morgan fingerprint density at radius 1 is 1.44 bits per heavy atom. The first-order valence-corrected chi connectivity index (χ1v) is 5.26. The summed E-state index contributed by atoms with van der Waals surface area (Å²) in [5.74, 6) is -0.380. The number of aliphatic hydroxyl groups is 2. The number of nitrogens with one attached hydrogen (secondary N) is 1. The summed E-state index contributed by atoms with van der Waals surface area (Å²) in [6, 6.07) is 4.42. The van der Waals surface area contributed by atoms with E-state index in [0.29, 0.717) is 5.56 Å². The number of amides is 1. The highest BCUT2D eigenvalue weighted by Gasteiger charge is 2.21. The molecule has 0 radical (unpaired) electrons. The molecular weight excluding hydrogens is 240 g/mol. The summed E-state index contributed by atoms with van der Waals surface area (Å²) in [7, 11) is 0. The quantitative estimate of drug-likeness (QED) is 0.510. The van der Waals surface area contributed by atoms with E-state index >= 15 is 0 Å². The van der Waals surface area contributed by atoms with E-state index in [1.54, 1.807) is 0 Å². The molecule has 2 unspecified atom stereocenters. The Hall–Kier alpha value is -1.99. The minimum atomic E-state index is -1.13. The number of aliphatic hydroxyl groups excluding tert-OH is 2. The molecule has 0 aliphatic heterocycles. The van der Waals surface area contributed by atoms with Gasteiger partial charge < -0.3 is 15.5 Å². The molecule has 98 valence electrons. The molecule has 18 heavy (non-hydrogen) atoms. The number of benzene rings is 1. The van der Waals surface area contributed by atoms with Crippen molar-refractivity contribution in [3.05, 3.63) is 39.9 Å². The van der Waals surface area contributed by atoms with E-state index in [1.165, 1.54) is 31.2 Å². The molecule has 7 nitrogen and oxygen atoms in total. The van der Waals surface area contributed by atoms with Gasteiger partial charge in [0.2, 0.25) is 5.91 Å². The summed E-state index contributed by atoms with van der Waals surface area (Å²) in [5.41, 5.74) is 0.291. The number of hydrogen-bond donors (Lipinski definition) is 3. The lowest BCUT2D eigenvalue weighted by Crippen LogP contribution is -2.40. The molecule has 7 heteroatoms. The summed E-state index contributed by atoms with van der Waals surface area (Å²) in [6.07, 6.45) is -1.13. The predicted molar refractivity (Wildman–Crippen MR) is 62.7 cm³/mol. The summed E-state index contributed by atoms with van der Waals surface area (Å²) in [6.45, 7) is 0.836. The monoisotopic (exact) mass is 254 g/mol. The van der Waals surface area contributed by atoms with Gasteiger partial charge >= 0.3 is 0 Å². The zero-order chi connectivity index (χ0) is 13.7. The molecule has 0 fully saturated rings. The molecule has 0 heterocycles. The average Bonchev–Trinajstić information content (AvgIpc) is 2.35. The van der Waals surface area contributed by atoms with Gasteiger partial charge in [0.25, 0.3) is 5.69 Å². The van der Waals surface area contributed by atoms with Gasteiger partial charge in [0.15, 0.2) is 0 Å². The average molecular weight is 254 g/mol. The largest absolute Gasteiger partial charge is 0.394 e. The number of nitro groups is 1. The molecule has 0 saturated carbocycles. The Kier molecular flexibility index (Phi) is 4.75. The second-order valence-electron chi connectivity index (χ2n) is 3.78. The molecule has 1 amide bonds. The topological polar surface area (TPSA) is 113 Å². The Morgan fingerprint density at radius 2 is 2.00 bits per heavy atom. The van der Waals surface area contributed by atoms with Gasteiger partial charge in [-0.25, -0.2) is 0 Å². The highest BCUT2D eigenvalue weighted by atomic mass is 16.6. The molecule has 0 aliphatic carbocycles. The van der Waals surface area contributed by atoms with E-state index in [9.17, 15) is 20.0 Å². The molecule has 0 saturated heterocycles. The van der Waals surface area contributed by atoms with Crippen LogP contribution in [0.3, 0.4) is 0 Å². The highest BCUT2D eigenvalue weighted by Crippen LogP contribution is 2.20. The standard InChI is InChI=1S/C11H14N2O5/c1-7(15)12-10(6-14)11(16)8-2-4-9(5-3-8)13(17)18/h2-5,10-11,14,16H,6H2,1H3,(H,12,15). The highest BCUT2D eigenvalue weighted by molar-refractivity contribution is 5.73. The van der Waals surface area contributed by atoms with Crippen LogP contribution >= 0.6 is 0 Å². The summed E-state index contributed by atoms with van der Waals surface area (Å²) in [5, 5.41) is 31.8. The van der Waals surface area contributed by atoms with Gasteiger partial charge in [-0.2, -0.15) is 0 Å². The van der Waals surface area contributed by atoms with Crippen molar-refractivity contribution >= 4 is 11.6 Å². The number of non-ortho nitro benzene ring substituents is 1. The zero-order valence-electron chi connectivity index (χ0n) is 9.74. The van der Waals surface area contributed by atoms with Crippen molar-refractivity contribution in [2.75, 3.05) is 6.61 Å². The SMILES string of the molecule is CC(=O)NC(CO)C(O)c1ccc([N+](=O)[O-])cc1. The fraction of sp³-hybridized carbons (Fsp3) is 0.364. The third kappa shape index (κ3) is 3.51. The van der Waals surface area contributed by atoms with Crippen LogP contribution in [-0.4, -0.2) is 33.7 Å². The summed E-state index contributed by atoms with van der Waals surface area (Å²) in [4.78, 5) is 20.8. The number of rotatable bonds is 5. The van der Waals surface area contributed by atoms with E-state index < -0.39 is 23.7 Å². The van der Waals surface area contributed by atoms with Crippen LogP contribution in [0.2, 0.25) is 0 Å². The number of hydrogen-bond acceptors (Lipinski definition) is 5. The van der Waals surface area contributed by atoms with Gasteiger partial charge in [0, 0.05) is 19.1 Å².